The number of nitrogens with zero attached hydrogens (tertiary/aromatic N) is 3. The molecule has 28 heavy (non-hydrogen) atoms. The van der Waals surface area contributed by atoms with Gasteiger partial charge >= 0.3 is 35.5 Å². The minimum atomic E-state index is -4.49. The molecule has 0 bridgehead atoms. The van der Waals surface area contributed by atoms with Crippen molar-refractivity contribution in [3.63, 3.8) is 0 Å². The number of anilines is 1. The molecule has 0 spiro atoms. The van der Waals surface area contributed by atoms with Crippen LogP contribution in [-0.2, 0) is 14.8 Å². The summed E-state index contributed by atoms with van der Waals surface area (Å²) in [5.74, 6) is -0.856. The van der Waals surface area contributed by atoms with E-state index in [0.717, 1.165) is 7.11 Å². The fraction of sp³-hybridized carbons (Fsp3) is 0.200. The first kappa shape index (κ1) is 24.6. The quantitative estimate of drug-likeness (QED) is 0.149. The number of nitrogens with one attached hydrogen (secondary N) is 1. The zero-order chi connectivity index (χ0) is 20.2. The van der Waals surface area contributed by atoms with Crippen molar-refractivity contribution in [1.29, 1.82) is 0 Å². The van der Waals surface area contributed by atoms with Crippen LogP contribution in [-0.4, -0.2) is 44.6 Å². The Morgan fingerprint density at radius 2 is 1.93 bits per heavy atom. The van der Waals surface area contributed by atoms with E-state index in [1.165, 1.54) is 31.4 Å². The number of aromatic nitrogens is 2. The molecule has 0 saturated heterocycles. The van der Waals surface area contributed by atoms with Gasteiger partial charge < -0.3 is 19.9 Å². The molecule has 0 fully saturated rings. The summed E-state index contributed by atoms with van der Waals surface area (Å²) in [5.41, 5.74) is 0.258. The molecule has 0 aliphatic carbocycles. The van der Waals surface area contributed by atoms with Gasteiger partial charge in [-0.2, -0.15) is 17.8 Å². The monoisotopic (exact) mass is 528 g/mol. The van der Waals surface area contributed by atoms with E-state index in [2.05, 4.69) is 24.4 Å². The number of esters is 1. The van der Waals surface area contributed by atoms with Crippen LogP contribution in [0.1, 0.15) is 16.1 Å². The number of rotatable bonds is 5. The molecule has 0 amide bonds. The van der Waals surface area contributed by atoms with E-state index in [9.17, 15) is 18.3 Å². The van der Waals surface area contributed by atoms with Crippen LogP contribution < -0.4 is 44.7 Å². The van der Waals surface area contributed by atoms with Crippen LogP contribution in [0.4, 0.5) is 5.95 Å². The summed E-state index contributed by atoms with van der Waals surface area (Å²) in [6.45, 7) is 1.64. The Hall–Kier alpha value is -1.48. The molecule has 0 saturated carbocycles. The van der Waals surface area contributed by atoms with E-state index < -0.39 is 26.9 Å². The van der Waals surface area contributed by atoms with Crippen molar-refractivity contribution in [1.82, 2.24) is 9.97 Å². The SMILES string of the molecule is COC(=O)c1ccc(I)cc1S(=O)(=O)/N=C(\[O-])Nc1nc(C)cc(OC)n1.[Na+]. The number of methoxy groups -OCH3 is 2. The number of amidine groups is 1. The third-order valence-corrected chi connectivity index (χ3v) is 5.06. The van der Waals surface area contributed by atoms with Crippen molar-refractivity contribution in [3.05, 3.63) is 39.1 Å². The van der Waals surface area contributed by atoms with Gasteiger partial charge in [-0.25, -0.2) is 9.78 Å². The molecule has 2 rings (SSSR count). The molecule has 1 heterocycles. The van der Waals surface area contributed by atoms with Crippen molar-refractivity contribution in [2.24, 2.45) is 4.40 Å². The molecule has 0 aliphatic heterocycles. The number of carbonyl (C=O) groups excluding carboxylic acids is 1. The largest absolute Gasteiger partial charge is 1.00 e. The predicted molar refractivity (Wildman–Crippen MR) is 102 cm³/mol. The topological polar surface area (TPSA) is 143 Å². The van der Waals surface area contributed by atoms with E-state index in [1.807, 2.05) is 22.6 Å². The molecule has 13 heteroatoms. The summed E-state index contributed by atoms with van der Waals surface area (Å²) in [6, 6.07) is 4.32. The van der Waals surface area contributed by atoms with Crippen molar-refractivity contribution < 1.29 is 57.3 Å². The Labute approximate surface area is 197 Å². The van der Waals surface area contributed by atoms with Gasteiger partial charge in [0.1, 0.15) is 4.90 Å². The summed E-state index contributed by atoms with van der Waals surface area (Å²) in [6.07, 6.45) is 0. The zero-order valence-electron chi connectivity index (χ0n) is 15.4. The van der Waals surface area contributed by atoms with Crippen molar-refractivity contribution in [2.45, 2.75) is 11.8 Å². The molecule has 0 aliphatic rings. The van der Waals surface area contributed by atoms with E-state index >= 15 is 0 Å². The fourth-order valence-electron chi connectivity index (χ4n) is 1.97. The van der Waals surface area contributed by atoms with E-state index in [4.69, 9.17) is 4.74 Å². The second kappa shape index (κ2) is 10.3. The zero-order valence-corrected chi connectivity index (χ0v) is 20.4. The Morgan fingerprint density at radius 1 is 1.25 bits per heavy atom. The van der Waals surface area contributed by atoms with Crippen molar-refractivity contribution in [3.8, 4) is 5.88 Å². The maximum Gasteiger partial charge on any atom is 1.00 e. The van der Waals surface area contributed by atoms with Crippen LogP contribution in [0.3, 0.4) is 0 Å². The van der Waals surface area contributed by atoms with Gasteiger partial charge in [0.2, 0.25) is 11.8 Å². The third kappa shape index (κ3) is 6.27. The van der Waals surface area contributed by atoms with Gasteiger partial charge in [-0.1, -0.05) is 0 Å². The smallest absolute Gasteiger partial charge is 0.845 e. The van der Waals surface area contributed by atoms with E-state index in [0.29, 0.717) is 9.26 Å². The molecule has 1 aromatic carbocycles. The van der Waals surface area contributed by atoms with Gasteiger partial charge in [0.25, 0.3) is 10.0 Å². The van der Waals surface area contributed by atoms with Gasteiger partial charge in [-0.15, -0.1) is 0 Å². The normalized spacial score (nSPS) is 11.4. The summed E-state index contributed by atoms with van der Waals surface area (Å²) < 4.78 is 38.2. The predicted octanol–water partition coefficient (Wildman–Crippen LogP) is -2.29. The first-order valence-corrected chi connectivity index (χ1v) is 9.74. The van der Waals surface area contributed by atoms with Crippen LogP contribution in [0.2, 0.25) is 0 Å². The summed E-state index contributed by atoms with van der Waals surface area (Å²) >= 11 is 1.87. The van der Waals surface area contributed by atoms with Crippen LogP contribution >= 0.6 is 22.6 Å². The Morgan fingerprint density at radius 3 is 2.54 bits per heavy atom. The number of sulfonamides is 1. The standard InChI is InChI=1S/C15H15IN4O6S.Na/c1-8-6-12(25-2)18-14(17-8)19-15(22)20-27(23,24)11-7-9(16)4-5-10(11)13(21)26-3;/h4-7H,1-3H3,(H2,17,18,19,20,22);/q;+1/p-1. The fourth-order valence-corrected chi connectivity index (χ4v) is 3.74. The average Bonchev–Trinajstić information content (AvgIpc) is 2.59. The molecule has 10 nitrogen and oxygen atoms in total. The number of carbonyl (C=O) groups is 1. The van der Waals surface area contributed by atoms with Gasteiger partial charge in [0.05, 0.1) is 25.8 Å². The van der Waals surface area contributed by atoms with Gasteiger partial charge in [-0.05, 0) is 47.7 Å². The number of halogens is 1. The van der Waals surface area contributed by atoms with E-state index in [1.54, 1.807) is 6.92 Å². The first-order valence-electron chi connectivity index (χ1n) is 7.23. The van der Waals surface area contributed by atoms with Gasteiger partial charge in [0, 0.05) is 15.3 Å². The van der Waals surface area contributed by atoms with Crippen molar-refractivity contribution in [2.75, 3.05) is 19.5 Å². The molecule has 0 radical (unpaired) electrons. The number of hydrogen-bond donors (Lipinski definition) is 1. The maximum atomic E-state index is 12.5. The maximum absolute atomic E-state index is 12.5. The molecule has 2 aromatic rings. The van der Waals surface area contributed by atoms with Crippen LogP contribution in [0, 0.1) is 10.5 Å². The third-order valence-electron chi connectivity index (χ3n) is 3.09. The summed E-state index contributed by atoms with van der Waals surface area (Å²) in [7, 11) is -2.00. The second-order valence-electron chi connectivity index (χ2n) is 5.00. The van der Waals surface area contributed by atoms with Crippen LogP contribution in [0.25, 0.3) is 0 Å². The number of aryl methyl sites for hydroxylation is 1. The Kier molecular flexibility index (Phi) is 9.07. The molecule has 144 valence electrons. The molecular formula is C15H14IN4NaO6S. The minimum absolute atomic E-state index is 0. The van der Waals surface area contributed by atoms with E-state index in [-0.39, 0.29) is 46.9 Å². The summed E-state index contributed by atoms with van der Waals surface area (Å²) in [4.78, 5) is 19.2. The molecule has 0 unspecified atom stereocenters. The van der Waals surface area contributed by atoms with Crippen LogP contribution in [0.5, 0.6) is 5.88 Å². The number of hydrogen-bond acceptors (Lipinski definition) is 8. The second-order valence-corrected chi connectivity index (χ2v) is 7.82. The Balaban J connectivity index is 0.00000392. The summed E-state index contributed by atoms with van der Waals surface area (Å²) in [5, 5.41) is 14.2. The van der Waals surface area contributed by atoms with Crippen molar-refractivity contribution >= 4 is 50.6 Å². The van der Waals surface area contributed by atoms with Gasteiger partial charge in [0.15, 0.2) is 0 Å². The van der Waals surface area contributed by atoms with Crippen LogP contribution in [0.15, 0.2) is 33.6 Å². The number of benzene rings is 1. The molecule has 1 aromatic heterocycles. The average molecular weight is 528 g/mol. The molecular weight excluding hydrogens is 514 g/mol. The Bertz CT molecular complexity index is 1020. The first-order chi connectivity index (χ1) is 12.7. The minimum Gasteiger partial charge on any atom is -0.845 e. The number of ether oxygens (including phenoxy) is 2. The molecule has 1 N–H and O–H groups in total. The van der Waals surface area contributed by atoms with Gasteiger partial charge in [-0.3, -0.25) is 0 Å². The molecule has 0 atom stereocenters.